The van der Waals surface area contributed by atoms with E-state index in [1.807, 2.05) is 74.5 Å². The van der Waals surface area contributed by atoms with Crippen molar-refractivity contribution < 1.29 is 34.0 Å². The lowest BCUT2D eigenvalue weighted by Gasteiger charge is -2.34. The zero-order valence-corrected chi connectivity index (χ0v) is 31.0. The van der Waals surface area contributed by atoms with Crippen molar-refractivity contribution in [3.8, 4) is 0 Å². The molecule has 1 aliphatic rings. The summed E-state index contributed by atoms with van der Waals surface area (Å²) < 4.78 is 0. The molecule has 1 heterocycles. The molecule has 0 aliphatic carbocycles. The van der Waals surface area contributed by atoms with Gasteiger partial charge < -0.3 is 47.7 Å². The van der Waals surface area contributed by atoms with Gasteiger partial charge in [0.05, 0.1) is 6.04 Å². The van der Waals surface area contributed by atoms with Crippen molar-refractivity contribution in [2.75, 3.05) is 26.2 Å². The molecule has 10 N–H and O–H groups in total. The molecule has 3 rings (SSSR count). The van der Waals surface area contributed by atoms with Crippen LogP contribution in [0.25, 0.3) is 0 Å². The number of carbonyl (C=O) groups excluding carboxylic acids is 5. The Kier molecular flexibility index (Phi) is 18.5. The number of hydrogen-bond acceptors (Lipinski definition) is 9. The molecule has 2 aromatic rings. The summed E-state index contributed by atoms with van der Waals surface area (Å²) in [5, 5.41) is 29.4. The summed E-state index contributed by atoms with van der Waals surface area (Å²) in [6.45, 7) is 5.06. The Balaban J connectivity index is 1.71. The number of likely N-dealkylation sites (tertiary alicyclic amines) is 1. The molecule has 0 radical (unpaired) electrons. The molecule has 0 aromatic heterocycles. The van der Waals surface area contributed by atoms with Crippen LogP contribution < -0.4 is 32.7 Å². The van der Waals surface area contributed by atoms with Gasteiger partial charge in [0.2, 0.25) is 29.5 Å². The molecular weight excluding hydrogens is 677 g/mol. The van der Waals surface area contributed by atoms with Gasteiger partial charge in [-0.25, -0.2) is 0 Å². The zero-order valence-electron chi connectivity index (χ0n) is 31.0. The maximum absolute atomic E-state index is 13.9. The summed E-state index contributed by atoms with van der Waals surface area (Å²) >= 11 is 0. The molecule has 2 aromatic carbocycles. The highest BCUT2D eigenvalue weighted by molar-refractivity contribution is 6.41. The third kappa shape index (κ3) is 15.3. The summed E-state index contributed by atoms with van der Waals surface area (Å²) in [5.74, 6) is -2.33. The van der Waals surface area contributed by atoms with Gasteiger partial charge in [0, 0.05) is 32.0 Å². The lowest BCUT2D eigenvalue weighted by molar-refractivity contribution is -0.140. The number of hydrogen-bond donors (Lipinski definition) is 8. The van der Waals surface area contributed by atoms with Crippen molar-refractivity contribution in [3.05, 3.63) is 71.8 Å². The Bertz CT molecular complexity index is 1440. The number of amides is 5. The molecule has 0 saturated carbocycles. The topological polar surface area (TPSA) is 229 Å². The number of nitrogens with one attached hydrogen (secondary N) is 4. The number of nitrogens with two attached hydrogens (primary N) is 2. The third-order valence-electron chi connectivity index (χ3n) is 9.33. The predicted molar refractivity (Wildman–Crippen MR) is 204 cm³/mol. The minimum absolute atomic E-state index is 0.00437. The second kappa shape index (κ2) is 22.7. The van der Waals surface area contributed by atoms with E-state index >= 15 is 0 Å². The first-order valence-electron chi connectivity index (χ1n) is 18.7. The van der Waals surface area contributed by atoms with E-state index < -0.39 is 49.0 Å². The molecular formula is C38H58BN7O7. The maximum atomic E-state index is 13.9. The van der Waals surface area contributed by atoms with Gasteiger partial charge >= 0.3 is 7.12 Å². The molecule has 5 amide bonds. The lowest BCUT2D eigenvalue weighted by atomic mass is 9.86. The van der Waals surface area contributed by atoms with Crippen molar-refractivity contribution in [2.45, 2.75) is 95.7 Å². The first kappa shape index (κ1) is 43.1. The van der Waals surface area contributed by atoms with Crippen molar-refractivity contribution in [2.24, 2.45) is 23.3 Å². The Morgan fingerprint density at radius 2 is 1.34 bits per heavy atom. The molecule has 0 unspecified atom stereocenters. The number of rotatable bonds is 21. The van der Waals surface area contributed by atoms with E-state index in [-0.39, 0.29) is 55.8 Å². The van der Waals surface area contributed by atoms with Gasteiger partial charge in [0.1, 0.15) is 18.1 Å². The SMILES string of the molecule is CC(C)C[C@@H](NC(=O)[C@@H](Cc1ccccc1)NC(=O)[C@H](N)Cc1ccccc1)C(=O)N[C@H](CCCCN)C(=O)N1CCC(C(=O)NCCB(O)O)CC1. The Hall–Kier alpha value is -4.31. The van der Waals surface area contributed by atoms with Gasteiger partial charge in [0.25, 0.3) is 0 Å². The second-order valence-electron chi connectivity index (χ2n) is 14.2. The van der Waals surface area contributed by atoms with Crippen LogP contribution in [0.4, 0.5) is 0 Å². The molecule has 15 heteroatoms. The quantitative estimate of drug-likeness (QED) is 0.0649. The third-order valence-corrected chi connectivity index (χ3v) is 9.33. The minimum atomic E-state index is -1.50. The first-order valence-corrected chi connectivity index (χ1v) is 18.7. The zero-order chi connectivity index (χ0) is 38.8. The standard InChI is InChI=1S/C38H58BN7O7/c1-26(2)23-32(45-37(50)33(25-28-13-7-4-8-14-28)44-35(48)30(41)24-27-11-5-3-6-12-27)36(49)43-31(15-9-10-19-40)38(51)46-21-16-29(17-22-46)34(47)42-20-18-39(52)53/h3-8,11-14,26,29-33,52-53H,9-10,15-25,40-41H2,1-2H3,(H,42,47)(H,43,49)(H,44,48)(H,45,50)/t30-,31-,32-,33-/m1/s1. The van der Waals surface area contributed by atoms with Crippen LogP contribution in [0.1, 0.15) is 63.5 Å². The van der Waals surface area contributed by atoms with Crippen LogP contribution >= 0.6 is 0 Å². The molecule has 1 fully saturated rings. The molecule has 1 saturated heterocycles. The number of piperidine rings is 1. The highest BCUT2D eigenvalue weighted by atomic mass is 16.4. The molecule has 53 heavy (non-hydrogen) atoms. The van der Waals surface area contributed by atoms with E-state index in [1.165, 1.54) is 0 Å². The fourth-order valence-electron chi connectivity index (χ4n) is 6.35. The van der Waals surface area contributed by atoms with E-state index in [2.05, 4.69) is 21.3 Å². The van der Waals surface area contributed by atoms with Gasteiger partial charge in [-0.1, -0.05) is 74.5 Å². The van der Waals surface area contributed by atoms with E-state index in [9.17, 15) is 24.0 Å². The van der Waals surface area contributed by atoms with Crippen LogP contribution in [-0.4, -0.2) is 102 Å². The Labute approximate surface area is 313 Å². The van der Waals surface area contributed by atoms with Crippen LogP contribution in [0.3, 0.4) is 0 Å². The van der Waals surface area contributed by atoms with E-state index in [1.54, 1.807) is 4.90 Å². The van der Waals surface area contributed by atoms with Crippen LogP contribution in [-0.2, 0) is 36.8 Å². The molecule has 0 bridgehead atoms. The highest BCUT2D eigenvalue weighted by Crippen LogP contribution is 2.20. The van der Waals surface area contributed by atoms with Crippen molar-refractivity contribution in [3.63, 3.8) is 0 Å². The maximum Gasteiger partial charge on any atom is 0.453 e. The normalized spacial score (nSPS) is 15.5. The van der Waals surface area contributed by atoms with Crippen molar-refractivity contribution in [1.82, 2.24) is 26.2 Å². The summed E-state index contributed by atoms with van der Waals surface area (Å²) in [6.07, 6.45) is 3.22. The largest absolute Gasteiger partial charge is 0.453 e. The molecule has 0 spiro atoms. The van der Waals surface area contributed by atoms with Crippen molar-refractivity contribution in [1.29, 1.82) is 0 Å². The smallest absolute Gasteiger partial charge is 0.427 e. The second-order valence-corrected chi connectivity index (χ2v) is 14.2. The summed E-state index contributed by atoms with van der Waals surface area (Å²) in [5.41, 5.74) is 13.7. The molecule has 1 aliphatic heterocycles. The van der Waals surface area contributed by atoms with E-state index in [0.29, 0.717) is 51.7 Å². The lowest BCUT2D eigenvalue weighted by Crippen LogP contribution is -2.59. The molecule has 4 atom stereocenters. The van der Waals surface area contributed by atoms with Gasteiger partial charge in [-0.05, 0) is 74.9 Å². The van der Waals surface area contributed by atoms with Crippen LogP contribution in [0, 0.1) is 11.8 Å². The number of unbranched alkanes of at least 4 members (excludes halogenated alkanes) is 1. The average Bonchev–Trinajstić information content (AvgIpc) is 3.14. The van der Waals surface area contributed by atoms with Gasteiger partial charge in [-0.2, -0.15) is 0 Å². The fourth-order valence-corrected chi connectivity index (χ4v) is 6.35. The van der Waals surface area contributed by atoms with Gasteiger partial charge in [-0.15, -0.1) is 0 Å². The Morgan fingerprint density at radius 1 is 0.792 bits per heavy atom. The van der Waals surface area contributed by atoms with E-state index in [4.69, 9.17) is 21.5 Å². The Morgan fingerprint density at radius 3 is 1.91 bits per heavy atom. The van der Waals surface area contributed by atoms with E-state index in [0.717, 1.165) is 11.1 Å². The molecule has 290 valence electrons. The fraction of sp³-hybridized carbons (Fsp3) is 0.553. The van der Waals surface area contributed by atoms with Crippen LogP contribution in [0.2, 0.25) is 6.32 Å². The minimum Gasteiger partial charge on any atom is -0.427 e. The first-order chi connectivity index (χ1) is 25.4. The van der Waals surface area contributed by atoms with Crippen LogP contribution in [0.15, 0.2) is 60.7 Å². The average molecular weight is 736 g/mol. The van der Waals surface area contributed by atoms with Crippen molar-refractivity contribution >= 4 is 36.7 Å². The molecule has 14 nitrogen and oxygen atoms in total. The number of nitrogens with zero attached hydrogens (tertiary/aromatic N) is 1. The number of benzene rings is 2. The summed E-state index contributed by atoms with van der Waals surface area (Å²) in [6, 6.07) is 14.8. The van der Waals surface area contributed by atoms with Gasteiger partial charge in [0.15, 0.2) is 0 Å². The highest BCUT2D eigenvalue weighted by Gasteiger charge is 2.34. The monoisotopic (exact) mass is 735 g/mol. The summed E-state index contributed by atoms with van der Waals surface area (Å²) in [4.78, 5) is 69.2. The van der Waals surface area contributed by atoms with Crippen LogP contribution in [0.5, 0.6) is 0 Å². The van der Waals surface area contributed by atoms with Gasteiger partial charge in [-0.3, -0.25) is 24.0 Å². The predicted octanol–water partition coefficient (Wildman–Crippen LogP) is 0.256. The summed E-state index contributed by atoms with van der Waals surface area (Å²) in [7, 11) is -1.50. The number of carbonyl (C=O) groups is 5.